The van der Waals surface area contributed by atoms with Gasteiger partial charge in [0.1, 0.15) is 5.75 Å². The fourth-order valence-electron chi connectivity index (χ4n) is 4.28. The van der Waals surface area contributed by atoms with Gasteiger partial charge >= 0.3 is 0 Å². The van der Waals surface area contributed by atoms with E-state index in [1.165, 1.54) is 30.9 Å². The third-order valence-corrected chi connectivity index (χ3v) is 8.43. The highest BCUT2D eigenvalue weighted by Crippen LogP contribution is 2.27. The largest absolute Gasteiger partial charge is 0.484 e. The summed E-state index contributed by atoms with van der Waals surface area (Å²) in [4.78, 5) is 26.9. The molecule has 1 aliphatic carbocycles. The molecule has 0 radical (unpaired) electrons. The Bertz CT molecular complexity index is 1320. The molecule has 2 atom stereocenters. The maximum atomic E-state index is 12.9. The number of aromatic nitrogens is 1. The van der Waals surface area contributed by atoms with Crippen LogP contribution in [0.15, 0.2) is 41.2 Å². The molecule has 1 aliphatic heterocycles. The van der Waals surface area contributed by atoms with E-state index in [-0.39, 0.29) is 30.7 Å². The highest BCUT2D eigenvalue weighted by atomic mass is 32.2. The second kappa shape index (κ2) is 10.3. The van der Waals surface area contributed by atoms with Crippen molar-refractivity contribution in [1.29, 1.82) is 0 Å². The number of carbonyl (C=O) groups excluding carboxylic acids is 1. The molecule has 1 N–H and O–H groups in total. The summed E-state index contributed by atoms with van der Waals surface area (Å²) in [5.74, 6) is 7.01. The number of carbonyl (C=O) groups is 1. The molecule has 1 saturated heterocycles. The van der Waals surface area contributed by atoms with Gasteiger partial charge in [0.15, 0.2) is 6.61 Å². The van der Waals surface area contributed by atoms with Gasteiger partial charge in [-0.05, 0) is 63.9 Å². The number of benzene rings is 1. The average molecular weight is 498 g/mol. The van der Waals surface area contributed by atoms with Crippen LogP contribution in [0, 0.1) is 24.7 Å². The van der Waals surface area contributed by atoms with Crippen molar-refractivity contribution in [2.75, 3.05) is 26.7 Å². The fourth-order valence-corrected chi connectivity index (χ4v) is 5.41. The Balaban J connectivity index is 1.39. The zero-order chi connectivity index (χ0) is 25.2. The van der Waals surface area contributed by atoms with Crippen LogP contribution in [-0.2, 0) is 14.8 Å². The van der Waals surface area contributed by atoms with Crippen molar-refractivity contribution in [2.24, 2.45) is 5.92 Å². The first-order valence-electron chi connectivity index (χ1n) is 11.9. The third-order valence-electron chi connectivity index (χ3n) is 6.60. The average Bonchev–Trinajstić information content (AvgIpc) is 3.53. The molecule has 2 aliphatic rings. The standard InChI is InChI=1S/C26H31N3O5S/c1-18-14-23(34-17-26(31)28-13-12-24(16-28)35(32,33)27-3)15-25(30)29(18)19(2)22-10-8-21(9-11-22)7-6-20-4-5-20/h8-11,14-15,19-20,24,27H,4-5,12-13,16-17H2,1-3H3/t19-,24+/m1/s1. The lowest BCUT2D eigenvalue weighted by Crippen LogP contribution is -2.37. The van der Waals surface area contributed by atoms with Gasteiger partial charge in [0.05, 0.1) is 11.3 Å². The van der Waals surface area contributed by atoms with Crippen molar-refractivity contribution in [3.63, 3.8) is 0 Å². The molecule has 0 unspecified atom stereocenters. The van der Waals surface area contributed by atoms with E-state index in [9.17, 15) is 18.0 Å². The van der Waals surface area contributed by atoms with Crippen molar-refractivity contribution in [2.45, 2.75) is 44.4 Å². The number of ether oxygens (including phenoxy) is 1. The number of nitrogens with zero attached hydrogens (tertiary/aromatic N) is 2. The van der Waals surface area contributed by atoms with E-state index in [4.69, 9.17) is 4.74 Å². The van der Waals surface area contributed by atoms with E-state index in [1.54, 1.807) is 10.6 Å². The van der Waals surface area contributed by atoms with E-state index in [0.29, 0.717) is 30.3 Å². The van der Waals surface area contributed by atoms with E-state index in [0.717, 1.165) is 11.1 Å². The first-order valence-corrected chi connectivity index (χ1v) is 13.4. The van der Waals surface area contributed by atoms with Crippen LogP contribution in [0.3, 0.4) is 0 Å². The molecule has 0 bridgehead atoms. The highest BCUT2D eigenvalue weighted by Gasteiger charge is 2.34. The van der Waals surface area contributed by atoms with Crippen LogP contribution >= 0.6 is 0 Å². The van der Waals surface area contributed by atoms with Gasteiger partial charge in [-0.2, -0.15) is 0 Å². The van der Waals surface area contributed by atoms with E-state index < -0.39 is 15.3 Å². The molecule has 1 amide bonds. The number of pyridine rings is 1. The van der Waals surface area contributed by atoms with Gasteiger partial charge in [-0.3, -0.25) is 9.59 Å². The van der Waals surface area contributed by atoms with Crippen molar-refractivity contribution in [3.05, 3.63) is 63.6 Å². The predicted octanol–water partition coefficient (Wildman–Crippen LogP) is 2.06. The summed E-state index contributed by atoms with van der Waals surface area (Å²) >= 11 is 0. The molecule has 1 saturated carbocycles. The molecule has 0 spiro atoms. The summed E-state index contributed by atoms with van der Waals surface area (Å²) in [6.45, 7) is 4.03. The van der Waals surface area contributed by atoms with Crippen molar-refractivity contribution in [3.8, 4) is 17.6 Å². The Morgan fingerprint density at radius 2 is 1.91 bits per heavy atom. The molecule has 8 nitrogen and oxygen atoms in total. The lowest BCUT2D eigenvalue weighted by molar-refractivity contribution is -0.132. The maximum absolute atomic E-state index is 12.9. The minimum atomic E-state index is -3.42. The van der Waals surface area contributed by atoms with Crippen molar-refractivity contribution in [1.82, 2.24) is 14.2 Å². The Hall–Kier alpha value is -3.09. The summed E-state index contributed by atoms with van der Waals surface area (Å²) in [6, 6.07) is 10.9. The molecule has 9 heteroatoms. The Morgan fingerprint density at radius 1 is 1.20 bits per heavy atom. The van der Waals surface area contributed by atoms with Crippen molar-refractivity contribution < 1.29 is 17.9 Å². The zero-order valence-electron chi connectivity index (χ0n) is 20.3. The minimum absolute atomic E-state index is 0.133. The van der Waals surface area contributed by atoms with Crippen molar-refractivity contribution >= 4 is 15.9 Å². The van der Waals surface area contributed by atoms with Crippen LogP contribution in [0.1, 0.15) is 49.0 Å². The molecule has 1 aromatic carbocycles. The monoisotopic (exact) mass is 497 g/mol. The number of hydrogen-bond donors (Lipinski definition) is 1. The smallest absolute Gasteiger partial charge is 0.260 e. The first kappa shape index (κ1) is 25.0. The highest BCUT2D eigenvalue weighted by molar-refractivity contribution is 7.90. The number of aryl methyl sites for hydroxylation is 1. The van der Waals surface area contributed by atoms with Crippen LogP contribution in [-0.4, -0.2) is 55.8 Å². The lowest BCUT2D eigenvalue weighted by Gasteiger charge is -2.20. The summed E-state index contributed by atoms with van der Waals surface area (Å²) < 4.78 is 33.5. The molecule has 2 heterocycles. The lowest BCUT2D eigenvalue weighted by atomic mass is 10.1. The predicted molar refractivity (Wildman–Crippen MR) is 134 cm³/mol. The molecule has 35 heavy (non-hydrogen) atoms. The summed E-state index contributed by atoms with van der Waals surface area (Å²) in [5, 5.41) is -0.622. The number of likely N-dealkylation sites (tertiary alicyclic amines) is 1. The Kier molecular flexibility index (Phi) is 7.33. The molecule has 4 rings (SSSR count). The number of sulfonamides is 1. The van der Waals surface area contributed by atoms with Gasteiger partial charge in [-0.1, -0.05) is 24.0 Å². The van der Waals surface area contributed by atoms with Gasteiger partial charge in [-0.25, -0.2) is 13.1 Å². The van der Waals surface area contributed by atoms with Gasteiger partial charge in [0, 0.05) is 36.3 Å². The molecular weight excluding hydrogens is 466 g/mol. The van der Waals surface area contributed by atoms with Crippen LogP contribution < -0.4 is 15.0 Å². The van der Waals surface area contributed by atoms with Gasteiger partial charge in [0.2, 0.25) is 10.0 Å². The SMILES string of the molecule is CNS(=O)(=O)[C@H]1CCN(C(=O)COc2cc(C)n([C@H](C)c3ccc(C#CC4CC4)cc3)c(=O)c2)C1. The maximum Gasteiger partial charge on any atom is 0.260 e. The molecule has 1 aromatic heterocycles. The van der Waals surface area contributed by atoms with E-state index >= 15 is 0 Å². The second-order valence-corrected chi connectivity index (χ2v) is 11.3. The Labute approximate surface area is 206 Å². The topological polar surface area (TPSA) is 97.7 Å². The zero-order valence-corrected chi connectivity index (χ0v) is 21.1. The van der Waals surface area contributed by atoms with Crippen LogP contribution in [0.2, 0.25) is 0 Å². The fraction of sp³-hybridized carbons (Fsp3) is 0.462. The summed E-state index contributed by atoms with van der Waals surface area (Å²) in [7, 11) is -2.05. The number of amides is 1. The number of hydrogen-bond acceptors (Lipinski definition) is 5. The molecule has 2 fully saturated rings. The summed E-state index contributed by atoms with van der Waals surface area (Å²) in [6.07, 6.45) is 2.77. The van der Waals surface area contributed by atoms with Crippen LogP contribution in [0.4, 0.5) is 0 Å². The van der Waals surface area contributed by atoms with E-state index in [2.05, 4.69) is 16.6 Å². The van der Waals surface area contributed by atoms with Gasteiger partial charge in [0.25, 0.3) is 11.5 Å². The number of rotatable bonds is 7. The first-order chi connectivity index (χ1) is 16.7. The molecular formula is C26H31N3O5S. The third kappa shape index (κ3) is 5.95. The van der Waals surface area contributed by atoms with Gasteiger partial charge < -0.3 is 14.2 Å². The van der Waals surface area contributed by atoms with Crippen LogP contribution in [0.25, 0.3) is 0 Å². The minimum Gasteiger partial charge on any atom is -0.484 e. The van der Waals surface area contributed by atoms with Crippen LogP contribution in [0.5, 0.6) is 5.75 Å². The Morgan fingerprint density at radius 3 is 2.54 bits per heavy atom. The second-order valence-electron chi connectivity index (χ2n) is 9.17. The number of nitrogens with one attached hydrogen (secondary N) is 1. The quantitative estimate of drug-likeness (QED) is 0.591. The van der Waals surface area contributed by atoms with Gasteiger partial charge in [-0.15, -0.1) is 0 Å². The van der Waals surface area contributed by atoms with E-state index in [1.807, 2.05) is 38.1 Å². The summed E-state index contributed by atoms with van der Waals surface area (Å²) in [5.41, 5.74) is 2.46. The molecule has 186 valence electrons. The molecule has 2 aromatic rings. The normalized spacial score (nSPS) is 18.6.